The Balaban J connectivity index is 2.40. The third-order valence-corrected chi connectivity index (χ3v) is 3.68. The lowest BCUT2D eigenvalue weighted by molar-refractivity contribution is 0.387. The van der Waals surface area contributed by atoms with Crippen molar-refractivity contribution in [2.75, 3.05) is 7.11 Å². The summed E-state index contributed by atoms with van der Waals surface area (Å²) in [6, 6.07) is 0. The molecule has 0 radical (unpaired) electrons. The van der Waals surface area contributed by atoms with Crippen LogP contribution in [0.25, 0.3) is 0 Å². The SMILES string of the molecule is CCc1c(OC)nc(C)nc1C1CC=C(C)CC1. The predicted octanol–water partition coefficient (Wildman–Crippen LogP) is 3.57. The van der Waals surface area contributed by atoms with E-state index in [4.69, 9.17) is 4.74 Å². The average molecular weight is 246 g/mol. The zero-order chi connectivity index (χ0) is 13.1. The van der Waals surface area contributed by atoms with E-state index < -0.39 is 0 Å². The van der Waals surface area contributed by atoms with Gasteiger partial charge in [-0.05, 0) is 39.5 Å². The molecule has 1 heterocycles. The van der Waals surface area contributed by atoms with Crippen molar-refractivity contribution in [1.29, 1.82) is 0 Å². The first-order valence-electron chi connectivity index (χ1n) is 6.72. The molecule has 98 valence electrons. The van der Waals surface area contributed by atoms with Crippen molar-refractivity contribution in [3.8, 4) is 5.88 Å². The molecule has 2 rings (SSSR count). The molecule has 1 aliphatic carbocycles. The molecule has 0 saturated heterocycles. The molecule has 0 fully saturated rings. The zero-order valence-corrected chi connectivity index (χ0v) is 11.8. The van der Waals surface area contributed by atoms with Gasteiger partial charge in [-0.2, -0.15) is 4.98 Å². The quantitative estimate of drug-likeness (QED) is 0.765. The summed E-state index contributed by atoms with van der Waals surface area (Å²) in [6.07, 6.45) is 6.74. The summed E-state index contributed by atoms with van der Waals surface area (Å²) in [5.74, 6) is 2.09. The van der Waals surface area contributed by atoms with Crippen LogP contribution in [0.2, 0.25) is 0 Å². The number of ether oxygens (including phenoxy) is 1. The number of aryl methyl sites for hydroxylation is 1. The fourth-order valence-electron chi connectivity index (χ4n) is 2.64. The van der Waals surface area contributed by atoms with Crippen LogP contribution in [0.5, 0.6) is 5.88 Å². The van der Waals surface area contributed by atoms with Gasteiger partial charge in [0.2, 0.25) is 5.88 Å². The zero-order valence-electron chi connectivity index (χ0n) is 11.8. The van der Waals surface area contributed by atoms with Gasteiger partial charge >= 0.3 is 0 Å². The maximum Gasteiger partial charge on any atom is 0.219 e. The van der Waals surface area contributed by atoms with Crippen molar-refractivity contribution >= 4 is 0 Å². The van der Waals surface area contributed by atoms with E-state index in [1.165, 1.54) is 29.7 Å². The predicted molar refractivity (Wildman–Crippen MR) is 73.0 cm³/mol. The van der Waals surface area contributed by atoms with Gasteiger partial charge in [0.15, 0.2) is 0 Å². The van der Waals surface area contributed by atoms with E-state index in [0.717, 1.165) is 24.5 Å². The Bertz CT molecular complexity index is 466. The molecule has 1 aromatic rings. The molecule has 1 atom stereocenters. The van der Waals surface area contributed by atoms with Crippen LogP contribution in [0.4, 0.5) is 0 Å². The lowest BCUT2D eigenvalue weighted by Gasteiger charge is -2.23. The van der Waals surface area contributed by atoms with E-state index in [9.17, 15) is 0 Å². The number of aromatic nitrogens is 2. The molecular formula is C15H22N2O. The largest absolute Gasteiger partial charge is 0.481 e. The Hall–Kier alpha value is -1.38. The van der Waals surface area contributed by atoms with E-state index >= 15 is 0 Å². The Kier molecular flexibility index (Phi) is 4.00. The van der Waals surface area contributed by atoms with Crippen molar-refractivity contribution in [1.82, 2.24) is 9.97 Å². The summed E-state index contributed by atoms with van der Waals surface area (Å²) >= 11 is 0. The minimum Gasteiger partial charge on any atom is -0.481 e. The lowest BCUT2D eigenvalue weighted by atomic mass is 9.85. The van der Waals surface area contributed by atoms with Gasteiger partial charge < -0.3 is 4.74 Å². The highest BCUT2D eigenvalue weighted by atomic mass is 16.5. The minimum atomic E-state index is 0.527. The van der Waals surface area contributed by atoms with Crippen LogP contribution in [-0.2, 0) is 6.42 Å². The van der Waals surface area contributed by atoms with Gasteiger partial charge in [-0.1, -0.05) is 18.6 Å². The normalized spacial score (nSPS) is 19.6. The highest BCUT2D eigenvalue weighted by molar-refractivity contribution is 5.34. The molecule has 0 amide bonds. The van der Waals surface area contributed by atoms with Gasteiger partial charge in [0.1, 0.15) is 5.82 Å². The number of hydrogen-bond acceptors (Lipinski definition) is 3. The Morgan fingerprint density at radius 2 is 2.11 bits per heavy atom. The summed E-state index contributed by atoms with van der Waals surface area (Å²) in [7, 11) is 1.69. The van der Waals surface area contributed by atoms with E-state index in [2.05, 4.69) is 29.9 Å². The molecule has 18 heavy (non-hydrogen) atoms. The molecule has 1 aromatic heterocycles. The first kappa shape index (κ1) is 13.1. The van der Waals surface area contributed by atoms with Crippen molar-refractivity contribution < 1.29 is 4.74 Å². The number of rotatable bonds is 3. The molecule has 1 aliphatic rings. The summed E-state index contributed by atoms with van der Waals surface area (Å²) in [5.41, 5.74) is 3.88. The van der Waals surface area contributed by atoms with Crippen molar-refractivity contribution in [3.63, 3.8) is 0 Å². The second-order valence-electron chi connectivity index (χ2n) is 5.02. The fraction of sp³-hybridized carbons (Fsp3) is 0.600. The molecule has 1 unspecified atom stereocenters. The van der Waals surface area contributed by atoms with Gasteiger partial charge in [-0.3, -0.25) is 0 Å². The van der Waals surface area contributed by atoms with Gasteiger partial charge in [-0.15, -0.1) is 0 Å². The monoisotopic (exact) mass is 246 g/mol. The topological polar surface area (TPSA) is 35.0 Å². The second-order valence-corrected chi connectivity index (χ2v) is 5.02. The molecule has 3 nitrogen and oxygen atoms in total. The van der Waals surface area contributed by atoms with Crippen LogP contribution in [0.15, 0.2) is 11.6 Å². The van der Waals surface area contributed by atoms with Crippen LogP contribution in [-0.4, -0.2) is 17.1 Å². The van der Waals surface area contributed by atoms with Crippen molar-refractivity contribution in [3.05, 3.63) is 28.7 Å². The molecule has 0 saturated carbocycles. The van der Waals surface area contributed by atoms with E-state index in [0.29, 0.717) is 5.92 Å². The summed E-state index contributed by atoms with van der Waals surface area (Å²) in [6.45, 7) is 6.29. The van der Waals surface area contributed by atoms with Crippen molar-refractivity contribution in [2.45, 2.75) is 52.4 Å². The average Bonchev–Trinajstić information content (AvgIpc) is 2.38. The molecule has 3 heteroatoms. The molecule has 0 aromatic carbocycles. The van der Waals surface area contributed by atoms with Crippen LogP contribution in [0.3, 0.4) is 0 Å². The second kappa shape index (κ2) is 5.51. The summed E-state index contributed by atoms with van der Waals surface area (Å²) in [4.78, 5) is 9.07. The highest BCUT2D eigenvalue weighted by Crippen LogP contribution is 2.35. The number of hydrogen-bond donors (Lipinski definition) is 0. The maximum absolute atomic E-state index is 5.40. The Morgan fingerprint density at radius 3 is 2.67 bits per heavy atom. The van der Waals surface area contributed by atoms with Gasteiger partial charge in [0.05, 0.1) is 12.8 Å². The molecule has 0 N–H and O–H groups in total. The van der Waals surface area contributed by atoms with Gasteiger partial charge in [-0.25, -0.2) is 4.98 Å². The van der Waals surface area contributed by atoms with Crippen LogP contribution < -0.4 is 4.74 Å². The van der Waals surface area contributed by atoms with Crippen LogP contribution in [0.1, 0.15) is 56.1 Å². The lowest BCUT2D eigenvalue weighted by Crippen LogP contribution is -2.12. The summed E-state index contributed by atoms with van der Waals surface area (Å²) < 4.78 is 5.40. The standard InChI is InChI=1S/C15H22N2O/c1-5-13-14(12-8-6-10(2)7-9-12)16-11(3)17-15(13)18-4/h6,12H,5,7-9H2,1-4H3. The molecular weight excluding hydrogens is 224 g/mol. The Labute approximate surface area is 109 Å². The third-order valence-electron chi connectivity index (χ3n) is 3.68. The molecule has 0 aliphatic heterocycles. The molecule has 0 spiro atoms. The number of allylic oxidation sites excluding steroid dienone is 2. The van der Waals surface area contributed by atoms with Crippen LogP contribution in [0, 0.1) is 6.92 Å². The van der Waals surface area contributed by atoms with Crippen LogP contribution >= 0.6 is 0 Å². The van der Waals surface area contributed by atoms with Gasteiger partial charge in [0, 0.05) is 11.5 Å². The Morgan fingerprint density at radius 1 is 1.33 bits per heavy atom. The van der Waals surface area contributed by atoms with E-state index in [1.54, 1.807) is 7.11 Å². The first-order chi connectivity index (χ1) is 8.65. The van der Waals surface area contributed by atoms with Crippen molar-refractivity contribution in [2.24, 2.45) is 0 Å². The third kappa shape index (κ3) is 2.55. The summed E-state index contributed by atoms with van der Waals surface area (Å²) in [5, 5.41) is 0. The van der Waals surface area contributed by atoms with Gasteiger partial charge in [0.25, 0.3) is 0 Å². The molecule has 0 bridgehead atoms. The number of nitrogens with zero attached hydrogens (tertiary/aromatic N) is 2. The first-order valence-corrected chi connectivity index (χ1v) is 6.72. The smallest absolute Gasteiger partial charge is 0.219 e. The van der Waals surface area contributed by atoms with E-state index in [-0.39, 0.29) is 0 Å². The van der Waals surface area contributed by atoms with E-state index in [1.807, 2.05) is 6.92 Å². The highest BCUT2D eigenvalue weighted by Gasteiger charge is 2.22. The maximum atomic E-state index is 5.40. The minimum absolute atomic E-state index is 0.527. The fourth-order valence-corrected chi connectivity index (χ4v) is 2.64. The number of methoxy groups -OCH3 is 1.